The molecule has 0 aliphatic heterocycles. The summed E-state index contributed by atoms with van der Waals surface area (Å²) in [6, 6.07) is 5.17. The molecule has 0 radical (unpaired) electrons. The van der Waals surface area contributed by atoms with Gasteiger partial charge in [-0.2, -0.15) is 0 Å². The molecule has 0 saturated heterocycles. The second-order valence-electron chi connectivity index (χ2n) is 5.72. The van der Waals surface area contributed by atoms with Crippen molar-refractivity contribution in [3.63, 3.8) is 0 Å². The fourth-order valence-electron chi connectivity index (χ4n) is 2.80. The van der Waals surface area contributed by atoms with E-state index in [2.05, 4.69) is 26.2 Å². The lowest BCUT2D eigenvalue weighted by atomic mass is 10.2. The van der Waals surface area contributed by atoms with Crippen LogP contribution in [-0.2, 0) is 0 Å². The van der Waals surface area contributed by atoms with Crippen LogP contribution in [0.15, 0.2) is 28.9 Å². The summed E-state index contributed by atoms with van der Waals surface area (Å²) in [5.74, 6) is 0.569. The zero-order chi connectivity index (χ0) is 19.0. The number of nitrogens with zero attached hydrogens (tertiary/aromatic N) is 2. The van der Waals surface area contributed by atoms with Crippen molar-refractivity contribution in [2.75, 3.05) is 19.5 Å². The molecule has 136 valence electrons. The van der Waals surface area contributed by atoms with Gasteiger partial charge in [0, 0.05) is 22.8 Å². The lowest BCUT2D eigenvalue weighted by Gasteiger charge is -2.13. The molecule has 0 bridgehead atoms. The minimum Gasteiger partial charge on any atom is -0.495 e. The van der Waals surface area contributed by atoms with Gasteiger partial charge in [-0.1, -0.05) is 11.6 Å². The number of ether oxygens (including phenoxy) is 2. The molecule has 2 heterocycles. The Morgan fingerprint density at radius 2 is 1.88 bits per heavy atom. The zero-order valence-electron chi connectivity index (χ0n) is 14.7. The van der Waals surface area contributed by atoms with Crippen LogP contribution in [0.4, 0.5) is 5.69 Å². The molecule has 0 atom stereocenters. The standard InChI is InChI=1S/C18H17BrClN3O3/c1-9-5-11(19)8-23-16(10(2)21-17(9)23)18(24)22-13-7-14(25-3)12(20)6-15(13)26-4/h5-8H,1-4H3,(H,22,24). The predicted octanol–water partition coefficient (Wildman–Crippen LogP) is 4.64. The van der Waals surface area contributed by atoms with Crippen LogP contribution in [0.5, 0.6) is 11.5 Å². The highest BCUT2D eigenvalue weighted by Gasteiger charge is 2.20. The monoisotopic (exact) mass is 437 g/mol. The average Bonchev–Trinajstić information content (AvgIpc) is 2.92. The van der Waals surface area contributed by atoms with Crippen molar-refractivity contribution in [1.82, 2.24) is 9.38 Å². The van der Waals surface area contributed by atoms with Gasteiger partial charge < -0.3 is 14.8 Å². The number of hydrogen-bond acceptors (Lipinski definition) is 4. The Morgan fingerprint density at radius 1 is 1.19 bits per heavy atom. The van der Waals surface area contributed by atoms with E-state index in [-0.39, 0.29) is 5.91 Å². The van der Waals surface area contributed by atoms with E-state index in [1.54, 1.807) is 23.5 Å². The summed E-state index contributed by atoms with van der Waals surface area (Å²) in [6.45, 7) is 3.75. The molecule has 0 aliphatic rings. The number of hydrogen-bond donors (Lipinski definition) is 1. The molecule has 3 rings (SSSR count). The van der Waals surface area contributed by atoms with E-state index in [4.69, 9.17) is 21.1 Å². The minimum atomic E-state index is -0.310. The molecule has 1 aromatic carbocycles. The smallest absolute Gasteiger partial charge is 0.274 e. The van der Waals surface area contributed by atoms with Gasteiger partial charge in [0.15, 0.2) is 0 Å². The maximum absolute atomic E-state index is 13.0. The third-order valence-electron chi connectivity index (χ3n) is 3.98. The molecule has 0 saturated carbocycles. The number of halogens is 2. The SMILES string of the molecule is COc1cc(NC(=O)c2c(C)nc3c(C)cc(Br)cn23)c(OC)cc1Cl. The summed E-state index contributed by atoms with van der Waals surface area (Å²) in [5, 5.41) is 3.26. The average molecular weight is 439 g/mol. The quantitative estimate of drug-likeness (QED) is 0.645. The van der Waals surface area contributed by atoms with Gasteiger partial charge in [0.2, 0.25) is 0 Å². The van der Waals surface area contributed by atoms with E-state index in [0.29, 0.717) is 33.6 Å². The summed E-state index contributed by atoms with van der Waals surface area (Å²) < 4.78 is 13.2. The van der Waals surface area contributed by atoms with Gasteiger partial charge in [-0.25, -0.2) is 4.98 Å². The van der Waals surface area contributed by atoms with Gasteiger partial charge in [0.25, 0.3) is 5.91 Å². The molecule has 26 heavy (non-hydrogen) atoms. The first-order valence-corrected chi connectivity index (χ1v) is 8.90. The Hall–Kier alpha value is -2.25. The van der Waals surface area contributed by atoms with Crippen molar-refractivity contribution in [1.29, 1.82) is 0 Å². The Morgan fingerprint density at radius 3 is 2.54 bits per heavy atom. The maximum atomic E-state index is 13.0. The van der Waals surface area contributed by atoms with Gasteiger partial charge in [-0.3, -0.25) is 9.20 Å². The van der Waals surface area contributed by atoms with E-state index in [1.807, 2.05) is 19.2 Å². The van der Waals surface area contributed by atoms with E-state index in [1.165, 1.54) is 14.2 Å². The Labute approximate surface area is 164 Å². The predicted molar refractivity (Wildman–Crippen MR) is 105 cm³/mol. The Bertz CT molecular complexity index is 1020. The molecule has 1 amide bonds. The molecule has 0 spiro atoms. The Kier molecular flexibility index (Phi) is 5.11. The van der Waals surface area contributed by atoms with Gasteiger partial charge in [0.1, 0.15) is 22.8 Å². The molecule has 0 aliphatic carbocycles. The molecular weight excluding hydrogens is 422 g/mol. The molecule has 6 nitrogen and oxygen atoms in total. The number of nitrogens with one attached hydrogen (secondary N) is 1. The molecule has 2 aromatic heterocycles. The normalized spacial score (nSPS) is 10.8. The summed E-state index contributed by atoms with van der Waals surface area (Å²) in [5.41, 5.74) is 3.23. The zero-order valence-corrected chi connectivity index (χ0v) is 17.0. The lowest BCUT2D eigenvalue weighted by Crippen LogP contribution is -2.16. The first kappa shape index (κ1) is 18.5. The van der Waals surface area contributed by atoms with E-state index in [0.717, 1.165) is 15.7 Å². The molecular formula is C18H17BrClN3O3. The summed E-state index contributed by atoms with van der Waals surface area (Å²) in [6.07, 6.45) is 1.82. The lowest BCUT2D eigenvalue weighted by molar-refractivity contribution is 0.102. The van der Waals surface area contributed by atoms with E-state index < -0.39 is 0 Å². The Balaban J connectivity index is 2.07. The first-order valence-electron chi connectivity index (χ1n) is 7.73. The third-order valence-corrected chi connectivity index (χ3v) is 4.71. The largest absolute Gasteiger partial charge is 0.495 e. The number of carbonyl (C=O) groups is 1. The van der Waals surface area contributed by atoms with Crippen molar-refractivity contribution in [2.24, 2.45) is 0 Å². The highest BCUT2D eigenvalue weighted by atomic mass is 79.9. The number of amides is 1. The van der Waals surface area contributed by atoms with Gasteiger partial charge in [0.05, 0.1) is 30.6 Å². The summed E-state index contributed by atoms with van der Waals surface area (Å²) >= 11 is 9.58. The van der Waals surface area contributed by atoms with Gasteiger partial charge in [-0.05, 0) is 41.4 Å². The highest BCUT2D eigenvalue weighted by Crippen LogP contribution is 2.36. The van der Waals surface area contributed by atoms with Crippen molar-refractivity contribution in [2.45, 2.75) is 13.8 Å². The molecule has 1 N–H and O–H groups in total. The second kappa shape index (κ2) is 7.17. The van der Waals surface area contributed by atoms with Gasteiger partial charge >= 0.3 is 0 Å². The van der Waals surface area contributed by atoms with Crippen molar-refractivity contribution in [3.05, 3.63) is 50.8 Å². The molecule has 8 heteroatoms. The molecule has 0 unspecified atom stereocenters. The summed E-state index contributed by atoms with van der Waals surface area (Å²) in [4.78, 5) is 17.5. The van der Waals surface area contributed by atoms with Crippen LogP contribution >= 0.6 is 27.5 Å². The van der Waals surface area contributed by atoms with Crippen LogP contribution in [0.3, 0.4) is 0 Å². The van der Waals surface area contributed by atoms with Crippen LogP contribution in [0.25, 0.3) is 5.65 Å². The number of fused-ring (bicyclic) bond motifs is 1. The third kappa shape index (κ3) is 3.24. The number of benzene rings is 1. The topological polar surface area (TPSA) is 64.9 Å². The van der Waals surface area contributed by atoms with Crippen molar-refractivity contribution >= 4 is 44.8 Å². The van der Waals surface area contributed by atoms with Crippen LogP contribution in [0.1, 0.15) is 21.7 Å². The maximum Gasteiger partial charge on any atom is 0.274 e. The van der Waals surface area contributed by atoms with Crippen LogP contribution in [0.2, 0.25) is 5.02 Å². The van der Waals surface area contributed by atoms with Gasteiger partial charge in [-0.15, -0.1) is 0 Å². The number of imidazole rings is 1. The number of aromatic nitrogens is 2. The molecule has 0 fully saturated rings. The first-order chi connectivity index (χ1) is 12.3. The van der Waals surface area contributed by atoms with Crippen molar-refractivity contribution < 1.29 is 14.3 Å². The number of pyridine rings is 1. The van der Waals surface area contributed by atoms with Crippen molar-refractivity contribution in [3.8, 4) is 11.5 Å². The second-order valence-corrected chi connectivity index (χ2v) is 7.04. The number of rotatable bonds is 4. The fourth-order valence-corrected chi connectivity index (χ4v) is 3.57. The number of carbonyl (C=O) groups excluding carboxylic acids is 1. The highest BCUT2D eigenvalue weighted by molar-refractivity contribution is 9.10. The van der Waals surface area contributed by atoms with Crippen LogP contribution in [0, 0.1) is 13.8 Å². The van der Waals surface area contributed by atoms with E-state index >= 15 is 0 Å². The van der Waals surface area contributed by atoms with Crippen LogP contribution < -0.4 is 14.8 Å². The van der Waals surface area contributed by atoms with Crippen LogP contribution in [-0.4, -0.2) is 29.5 Å². The number of aryl methyl sites for hydroxylation is 2. The van der Waals surface area contributed by atoms with E-state index in [9.17, 15) is 4.79 Å². The summed E-state index contributed by atoms with van der Waals surface area (Å²) in [7, 11) is 3.02. The molecule has 3 aromatic rings. The minimum absolute atomic E-state index is 0.310. The number of anilines is 1. The number of methoxy groups -OCH3 is 2. The fraction of sp³-hybridized carbons (Fsp3) is 0.222.